The minimum atomic E-state index is -2.94. The number of rotatable bonds is 6. The van der Waals surface area contributed by atoms with E-state index in [1.807, 2.05) is 0 Å². The summed E-state index contributed by atoms with van der Waals surface area (Å²) >= 11 is -5.88. The summed E-state index contributed by atoms with van der Waals surface area (Å²) in [5, 5.41) is 20.7. The van der Waals surface area contributed by atoms with Crippen LogP contribution in [-0.4, -0.2) is 39.7 Å². The Kier molecular flexibility index (Phi) is 5.64. The molecule has 2 aromatic carbocycles. The number of aromatic carboxylic acids is 2. The van der Waals surface area contributed by atoms with Gasteiger partial charge in [0, 0.05) is 0 Å². The fourth-order valence-electron chi connectivity index (χ4n) is 2.11. The molecule has 0 amide bonds. The molecule has 0 saturated heterocycles. The maximum absolute atomic E-state index is 11.4. The molecule has 0 radical (unpaired) electrons. The van der Waals surface area contributed by atoms with Crippen LogP contribution in [0.25, 0.3) is 0 Å². The van der Waals surface area contributed by atoms with E-state index < -0.39 is 55.0 Å². The van der Waals surface area contributed by atoms with E-state index in [0.717, 1.165) is 12.1 Å². The molecule has 0 bridgehead atoms. The van der Waals surface area contributed by atoms with Crippen molar-refractivity contribution < 1.29 is 37.3 Å². The molecule has 0 aliphatic rings. The lowest BCUT2D eigenvalue weighted by atomic mass is 10.1. The van der Waals surface area contributed by atoms with Crippen LogP contribution in [0.5, 0.6) is 0 Å². The Morgan fingerprint density at radius 2 is 1.16 bits per heavy atom. The molecule has 0 aromatic heterocycles. The Hall–Kier alpha value is -2.60. The summed E-state index contributed by atoms with van der Waals surface area (Å²) in [6.07, 6.45) is 0. The van der Waals surface area contributed by atoms with E-state index in [2.05, 4.69) is 5.32 Å². The third-order valence-corrected chi connectivity index (χ3v) is 4.64. The number of anilines is 2. The van der Waals surface area contributed by atoms with Gasteiger partial charge in [-0.2, -0.15) is 0 Å². The molecule has 9 nitrogen and oxygen atoms in total. The highest BCUT2D eigenvalue weighted by molar-refractivity contribution is 7.79. The second kappa shape index (κ2) is 7.53. The fraction of sp³-hybridized carbons (Fsp3) is 0. The van der Waals surface area contributed by atoms with Crippen molar-refractivity contribution in [3.8, 4) is 0 Å². The minimum Gasteiger partial charge on any atom is -0.768 e. The summed E-state index contributed by atoms with van der Waals surface area (Å²) in [5.41, 5.74) is -1.44. The highest BCUT2D eigenvalue weighted by Gasteiger charge is 2.18. The Morgan fingerprint density at radius 3 is 1.44 bits per heavy atom. The largest absolute Gasteiger partial charge is 0.768 e. The van der Waals surface area contributed by atoms with Crippen molar-refractivity contribution in [1.82, 2.24) is 0 Å². The van der Waals surface area contributed by atoms with Gasteiger partial charge in [-0.05, 0) is 46.4 Å². The average Bonchev–Trinajstić information content (AvgIpc) is 2.53. The van der Waals surface area contributed by atoms with Crippen molar-refractivity contribution in [3.05, 3.63) is 47.5 Å². The van der Waals surface area contributed by atoms with Crippen LogP contribution in [0, 0.1) is 0 Å². The van der Waals surface area contributed by atoms with E-state index >= 15 is 0 Å². The second-order valence-electron chi connectivity index (χ2n) is 4.57. The van der Waals surface area contributed by atoms with Crippen molar-refractivity contribution in [2.24, 2.45) is 0 Å². The second-order valence-corrected chi connectivity index (χ2v) is 6.32. The van der Waals surface area contributed by atoms with Crippen LogP contribution in [0.4, 0.5) is 11.4 Å². The third kappa shape index (κ3) is 3.91. The van der Waals surface area contributed by atoms with Crippen molar-refractivity contribution >= 4 is 45.5 Å². The maximum Gasteiger partial charge on any atom is 0.336 e. The number of nitrogens with one attached hydrogen (secondary N) is 1. The van der Waals surface area contributed by atoms with E-state index in [1.54, 1.807) is 0 Å². The topological polar surface area (TPSA) is 167 Å². The molecular formula is C14H9NO8S2-2. The quantitative estimate of drug-likeness (QED) is 0.623. The molecule has 2 atom stereocenters. The lowest BCUT2D eigenvalue weighted by molar-refractivity contribution is 0.0682. The van der Waals surface area contributed by atoms with Gasteiger partial charge >= 0.3 is 11.9 Å². The van der Waals surface area contributed by atoms with Crippen LogP contribution in [0.15, 0.2) is 46.2 Å². The summed E-state index contributed by atoms with van der Waals surface area (Å²) in [6, 6.07) is 7.11. The lowest BCUT2D eigenvalue weighted by Gasteiger charge is -2.19. The first-order valence-electron chi connectivity index (χ1n) is 6.42. The number of carbonyl (C=O) groups is 2. The van der Waals surface area contributed by atoms with Crippen LogP contribution >= 0.6 is 0 Å². The molecule has 2 rings (SSSR count). The van der Waals surface area contributed by atoms with Gasteiger partial charge in [0.1, 0.15) is 0 Å². The molecule has 2 aromatic rings. The Labute approximate surface area is 145 Å². The van der Waals surface area contributed by atoms with Crippen LogP contribution in [0.1, 0.15) is 20.7 Å². The van der Waals surface area contributed by atoms with Gasteiger partial charge in [0.2, 0.25) is 0 Å². The molecule has 2 unspecified atom stereocenters. The number of hydrogen-bond donors (Lipinski definition) is 3. The Balaban J connectivity index is 2.66. The van der Waals surface area contributed by atoms with E-state index in [0.29, 0.717) is 0 Å². The number of hydrogen-bond acceptors (Lipinski definition) is 7. The molecule has 0 fully saturated rings. The third-order valence-electron chi connectivity index (χ3n) is 3.09. The molecule has 3 N–H and O–H groups in total. The number of carboxylic acids is 2. The van der Waals surface area contributed by atoms with Crippen LogP contribution in [-0.2, 0) is 22.2 Å². The minimum absolute atomic E-state index is 0.206. The molecule has 25 heavy (non-hydrogen) atoms. The zero-order valence-electron chi connectivity index (χ0n) is 12.1. The van der Waals surface area contributed by atoms with E-state index in [9.17, 15) is 27.1 Å². The highest BCUT2D eigenvalue weighted by atomic mass is 32.2. The van der Waals surface area contributed by atoms with Gasteiger partial charge in [-0.25, -0.2) is 9.59 Å². The van der Waals surface area contributed by atoms with Gasteiger partial charge in [-0.15, -0.1) is 0 Å². The predicted molar refractivity (Wildman–Crippen MR) is 84.5 cm³/mol. The van der Waals surface area contributed by atoms with E-state index in [-0.39, 0.29) is 11.4 Å². The van der Waals surface area contributed by atoms with Crippen LogP contribution in [0.2, 0.25) is 0 Å². The standard InChI is InChI=1S/C14H11NO8S2/c16-13(17)7-3-1-5-9(11(7)24(20)21)15-10-6-2-4-8(14(18)19)12(10)25(22)23/h1-6,15H,(H,16,17)(H,18,19)(H,20,21)(H,22,23)/p-2. The Bertz CT molecular complexity index is 838. The summed E-state index contributed by atoms with van der Waals surface area (Å²) in [5.74, 6) is -2.98. The first-order chi connectivity index (χ1) is 11.7. The molecule has 0 spiro atoms. The maximum atomic E-state index is 11.4. The highest BCUT2D eigenvalue weighted by Crippen LogP contribution is 2.31. The first-order valence-corrected chi connectivity index (χ1v) is 8.57. The van der Waals surface area contributed by atoms with Crippen molar-refractivity contribution in [1.29, 1.82) is 0 Å². The SMILES string of the molecule is O=C(O)c1cccc(Nc2cccc(C(=O)O)c2S(=O)[O-])c1S(=O)[O-]. The summed E-state index contributed by atoms with van der Waals surface area (Å²) in [4.78, 5) is 21.2. The van der Waals surface area contributed by atoms with Crippen molar-refractivity contribution in [3.63, 3.8) is 0 Å². The van der Waals surface area contributed by atoms with Crippen molar-refractivity contribution in [2.75, 3.05) is 5.32 Å². The smallest absolute Gasteiger partial charge is 0.336 e. The zero-order valence-corrected chi connectivity index (χ0v) is 13.8. The molecule has 0 saturated carbocycles. The fourth-order valence-corrected chi connectivity index (χ4v) is 3.38. The molecule has 0 aliphatic carbocycles. The molecule has 132 valence electrons. The predicted octanol–water partition coefficient (Wildman–Crippen LogP) is 1.30. The normalized spacial score (nSPS) is 13.0. The summed E-state index contributed by atoms with van der Waals surface area (Å²) < 4.78 is 45.6. The van der Waals surface area contributed by atoms with Crippen LogP contribution in [0.3, 0.4) is 0 Å². The number of benzene rings is 2. The van der Waals surface area contributed by atoms with Crippen molar-refractivity contribution in [2.45, 2.75) is 9.79 Å². The zero-order chi connectivity index (χ0) is 18.7. The van der Waals surface area contributed by atoms with Gasteiger partial charge in [0.25, 0.3) is 0 Å². The molecule has 0 aliphatic heterocycles. The van der Waals surface area contributed by atoms with E-state index in [1.165, 1.54) is 24.3 Å². The summed E-state index contributed by atoms with van der Waals surface area (Å²) in [7, 11) is 0. The first kappa shape index (κ1) is 18.7. The van der Waals surface area contributed by atoms with Gasteiger partial charge in [0.05, 0.1) is 32.3 Å². The number of carboxylic acid groups (broad SMARTS) is 2. The molecule has 0 heterocycles. The Morgan fingerprint density at radius 1 is 0.800 bits per heavy atom. The molecule has 11 heteroatoms. The molecular weight excluding hydrogens is 374 g/mol. The summed E-state index contributed by atoms with van der Waals surface area (Å²) in [6.45, 7) is 0. The van der Waals surface area contributed by atoms with Gasteiger partial charge in [-0.3, -0.25) is 8.42 Å². The van der Waals surface area contributed by atoms with Crippen LogP contribution < -0.4 is 5.32 Å². The van der Waals surface area contributed by atoms with Gasteiger partial charge in [0.15, 0.2) is 0 Å². The monoisotopic (exact) mass is 383 g/mol. The average molecular weight is 383 g/mol. The lowest BCUT2D eigenvalue weighted by Crippen LogP contribution is -2.10. The van der Waals surface area contributed by atoms with E-state index in [4.69, 9.17) is 10.2 Å². The van der Waals surface area contributed by atoms with Gasteiger partial charge in [-0.1, -0.05) is 12.1 Å². The van der Waals surface area contributed by atoms with Gasteiger partial charge < -0.3 is 24.6 Å².